The van der Waals surface area contributed by atoms with E-state index in [0.29, 0.717) is 6.54 Å². The number of aryl methyl sites for hydroxylation is 2. The number of carbonyl (C=O) groups is 1. The normalized spacial score (nSPS) is 12.2. The number of hydrogen-bond donors (Lipinski definition) is 2. The van der Waals surface area contributed by atoms with Gasteiger partial charge in [-0.15, -0.1) is 0 Å². The Bertz CT molecular complexity index is 899. The first-order chi connectivity index (χ1) is 12.5. The van der Waals surface area contributed by atoms with E-state index in [4.69, 9.17) is 0 Å². The van der Waals surface area contributed by atoms with Gasteiger partial charge in [-0.1, -0.05) is 0 Å². The highest BCUT2D eigenvalue weighted by molar-refractivity contribution is 5.83. The first-order valence-corrected chi connectivity index (χ1v) is 8.22. The van der Waals surface area contributed by atoms with Gasteiger partial charge in [0.05, 0.1) is 17.6 Å². The molecule has 3 rings (SSSR count). The molecule has 1 amide bonds. The molecule has 0 fully saturated rings. The fourth-order valence-electron chi connectivity index (χ4n) is 2.72. The molecule has 1 unspecified atom stereocenters. The molecule has 0 bridgehead atoms. The van der Waals surface area contributed by atoms with Crippen molar-refractivity contribution in [2.75, 3.05) is 7.05 Å². The molecule has 1 atom stereocenters. The molecule has 0 aliphatic carbocycles. The Morgan fingerprint density at radius 1 is 1.27 bits per heavy atom. The first kappa shape index (κ1) is 17.8. The zero-order valence-electron chi connectivity index (χ0n) is 14.9. The van der Waals surface area contributed by atoms with Crippen LogP contribution in [0.2, 0.25) is 0 Å². The molecule has 2 heterocycles. The predicted molar refractivity (Wildman–Crippen MR) is 95.1 cm³/mol. The van der Waals surface area contributed by atoms with Gasteiger partial charge < -0.3 is 10.6 Å². The molecule has 136 valence electrons. The molecule has 2 N–H and O–H groups in total. The molecule has 2 aromatic heterocycles. The number of likely N-dealkylation sites (N-methyl/N-ethyl adjacent to an activating group) is 1. The minimum atomic E-state index is -0.476. The predicted octanol–water partition coefficient (Wildman–Crippen LogP) is 1.63. The molecule has 0 saturated carbocycles. The second-order valence-electron chi connectivity index (χ2n) is 6.05. The molecule has 0 radical (unpaired) electrons. The largest absolute Gasteiger partial charge is 0.350 e. The summed E-state index contributed by atoms with van der Waals surface area (Å²) in [7, 11) is 3.54. The van der Waals surface area contributed by atoms with Crippen LogP contribution < -0.4 is 10.6 Å². The fraction of sp³-hybridized carbons (Fsp3) is 0.278. The zero-order valence-corrected chi connectivity index (χ0v) is 14.9. The molecule has 0 aliphatic heterocycles. The highest BCUT2D eigenvalue weighted by Crippen LogP contribution is 2.14. The third kappa shape index (κ3) is 3.80. The maximum absolute atomic E-state index is 13.1. The van der Waals surface area contributed by atoms with Crippen LogP contribution in [-0.2, 0) is 18.4 Å². The smallest absolute Gasteiger partial charge is 0.242 e. The summed E-state index contributed by atoms with van der Waals surface area (Å²) in [4.78, 5) is 12.5. The third-order valence-corrected chi connectivity index (χ3v) is 4.15. The highest BCUT2D eigenvalue weighted by atomic mass is 19.1. The highest BCUT2D eigenvalue weighted by Gasteiger charge is 2.20. The lowest BCUT2D eigenvalue weighted by atomic mass is 10.1. The third-order valence-electron chi connectivity index (χ3n) is 4.15. The Labute approximate surface area is 150 Å². The summed E-state index contributed by atoms with van der Waals surface area (Å²) in [6, 6.07) is 5.61. The van der Waals surface area contributed by atoms with Gasteiger partial charge in [0.1, 0.15) is 11.9 Å². The van der Waals surface area contributed by atoms with Crippen LogP contribution in [0.1, 0.15) is 22.9 Å². The minimum absolute atomic E-state index is 0.144. The van der Waals surface area contributed by atoms with Gasteiger partial charge >= 0.3 is 0 Å². The molecule has 0 saturated heterocycles. The van der Waals surface area contributed by atoms with E-state index in [1.54, 1.807) is 48.0 Å². The number of carbonyl (C=O) groups excluding carboxylic acids is 1. The molecule has 0 spiro atoms. The minimum Gasteiger partial charge on any atom is -0.350 e. The van der Waals surface area contributed by atoms with Crippen LogP contribution in [0.4, 0.5) is 4.39 Å². The van der Waals surface area contributed by atoms with Crippen LogP contribution in [0, 0.1) is 12.7 Å². The van der Waals surface area contributed by atoms with Gasteiger partial charge in [0.15, 0.2) is 0 Å². The van der Waals surface area contributed by atoms with Crippen molar-refractivity contribution in [1.29, 1.82) is 0 Å². The maximum atomic E-state index is 13.1. The van der Waals surface area contributed by atoms with Crippen molar-refractivity contribution in [2.24, 2.45) is 7.05 Å². The summed E-state index contributed by atoms with van der Waals surface area (Å²) < 4.78 is 16.4. The van der Waals surface area contributed by atoms with Crippen LogP contribution >= 0.6 is 0 Å². The summed E-state index contributed by atoms with van der Waals surface area (Å²) in [5.74, 6) is -0.437. The Hall–Kier alpha value is -3.00. The summed E-state index contributed by atoms with van der Waals surface area (Å²) in [6.07, 6.45) is 5.30. The number of amides is 1. The molecule has 7 nitrogen and oxygen atoms in total. The van der Waals surface area contributed by atoms with E-state index in [1.807, 2.05) is 13.1 Å². The molecule has 3 aromatic rings. The molecule has 26 heavy (non-hydrogen) atoms. The van der Waals surface area contributed by atoms with E-state index in [2.05, 4.69) is 20.8 Å². The Morgan fingerprint density at radius 3 is 2.62 bits per heavy atom. The van der Waals surface area contributed by atoms with Gasteiger partial charge in [-0.05, 0) is 38.2 Å². The van der Waals surface area contributed by atoms with E-state index in [9.17, 15) is 9.18 Å². The topological polar surface area (TPSA) is 76.8 Å². The lowest BCUT2D eigenvalue weighted by Gasteiger charge is -2.14. The summed E-state index contributed by atoms with van der Waals surface area (Å²) in [5, 5.41) is 14.4. The van der Waals surface area contributed by atoms with Gasteiger partial charge in [0, 0.05) is 37.1 Å². The van der Waals surface area contributed by atoms with E-state index in [-0.39, 0.29) is 11.7 Å². The molecular weight excluding hydrogens is 335 g/mol. The SMILES string of the molecule is CNC(C(=O)NCc1cn(-c2ccc(F)cc2)nc1C)c1cnn(C)c1. The van der Waals surface area contributed by atoms with Crippen molar-refractivity contribution in [2.45, 2.75) is 19.5 Å². The van der Waals surface area contributed by atoms with Crippen molar-refractivity contribution >= 4 is 5.91 Å². The van der Waals surface area contributed by atoms with Crippen LogP contribution in [0.3, 0.4) is 0 Å². The van der Waals surface area contributed by atoms with Crippen LogP contribution in [0.15, 0.2) is 42.9 Å². The quantitative estimate of drug-likeness (QED) is 0.704. The van der Waals surface area contributed by atoms with Crippen molar-refractivity contribution in [3.8, 4) is 5.69 Å². The van der Waals surface area contributed by atoms with Gasteiger partial charge in [0.25, 0.3) is 0 Å². The fourth-order valence-corrected chi connectivity index (χ4v) is 2.72. The lowest BCUT2D eigenvalue weighted by Crippen LogP contribution is -2.35. The second kappa shape index (κ2) is 7.49. The maximum Gasteiger partial charge on any atom is 0.242 e. The monoisotopic (exact) mass is 356 g/mol. The van der Waals surface area contributed by atoms with Gasteiger partial charge in [-0.2, -0.15) is 10.2 Å². The van der Waals surface area contributed by atoms with Crippen LogP contribution in [-0.4, -0.2) is 32.5 Å². The second-order valence-corrected chi connectivity index (χ2v) is 6.05. The van der Waals surface area contributed by atoms with Gasteiger partial charge in [-0.3, -0.25) is 9.48 Å². The van der Waals surface area contributed by atoms with Crippen molar-refractivity contribution in [3.05, 3.63) is 65.5 Å². The van der Waals surface area contributed by atoms with Crippen molar-refractivity contribution in [1.82, 2.24) is 30.2 Å². The van der Waals surface area contributed by atoms with Gasteiger partial charge in [0.2, 0.25) is 5.91 Å². The standard InChI is InChI=1S/C18H21FN6O/c1-12-13(11-25(23-12)16-6-4-15(19)5-7-16)8-21-18(26)17(20-2)14-9-22-24(3)10-14/h4-7,9-11,17,20H,8H2,1-3H3,(H,21,26). The number of benzene rings is 1. The van der Waals surface area contributed by atoms with Crippen molar-refractivity contribution in [3.63, 3.8) is 0 Å². The van der Waals surface area contributed by atoms with E-state index >= 15 is 0 Å². The van der Waals surface area contributed by atoms with E-state index in [0.717, 1.165) is 22.5 Å². The number of hydrogen-bond acceptors (Lipinski definition) is 4. The number of nitrogens with one attached hydrogen (secondary N) is 2. The summed E-state index contributed by atoms with van der Waals surface area (Å²) in [5.41, 5.74) is 3.25. The Morgan fingerprint density at radius 2 is 2.00 bits per heavy atom. The lowest BCUT2D eigenvalue weighted by molar-refractivity contribution is -0.123. The molecule has 8 heteroatoms. The first-order valence-electron chi connectivity index (χ1n) is 8.22. The average molecular weight is 356 g/mol. The Balaban J connectivity index is 1.69. The van der Waals surface area contributed by atoms with Crippen LogP contribution in [0.25, 0.3) is 5.69 Å². The van der Waals surface area contributed by atoms with Crippen molar-refractivity contribution < 1.29 is 9.18 Å². The van der Waals surface area contributed by atoms with Gasteiger partial charge in [-0.25, -0.2) is 9.07 Å². The average Bonchev–Trinajstić information content (AvgIpc) is 3.20. The Kier molecular flexibility index (Phi) is 5.13. The molecular formula is C18H21FN6O. The number of halogens is 1. The summed E-state index contributed by atoms with van der Waals surface area (Å²) in [6.45, 7) is 2.22. The van der Waals surface area contributed by atoms with E-state index < -0.39 is 6.04 Å². The zero-order chi connectivity index (χ0) is 18.7. The molecule has 1 aromatic carbocycles. The van der Waals surface area contributed by atoms with E-state index in [1.165, 1.54) is 12.1 Å². The number of nitrogens with zero attached hydrogens (tertiary/aromatic N) is 4. The summed E-state index contributed by atoms with van der Waals surface area (Å²) >= 11 is 0. The number of rotatable bonds is 6. The van der Waals surface area contributed by atoms with Crippen LogP contribution in [0.5, 0.6) is 0 Å². The molecule has 0 aliphatic rings. The number of aromatic nitrogens is 4.